The van der Waals surface area contributed by atoms with Crippen LogP contribution in [0.1, 0.15) is 12.0 Å². The number of carbonyl (C=O) groups excluding carboxylic acids is 1. The van der Waals surface area contributed by atoms with E-state index in [0.29, 0.717) is 6.42 Å². The highest BCUT2D eigenvalue weighted by Gasteiger charge is 2.20. The fourth-order valence-corrected chi connectivity index (χ4v) is 2.55. The molecule has 23 heavy (non-hydrogen) atoms. The lowest BCUT2D eigenvalue weighted by molar-refractivity contribution is -0.145. The molecule has 122 valence electrons. The van der Waals surface area contributed by atoms with Gasteiger partial charge in [0, 0.05) is 6.42 Å². The van der Waals surface area contributed by atoms with Crippen LogP contribution in [0, 0.1) is 5.82 Å². The number of ether oxygens (including phenoxy) is 1. The number of hydrogen-bond acceptors (Lipinski definition) is 4. The number of benzene rings is 1. The van der Waals surface area contributed by atoms with Crippen molar-refractivity contribution in [2.24, 2.45) is 0 Å². The van der Waals surface area contributed by atoms with Crippen molar-refractivity contribution in [1.29, 1.82) is 0 Å². The third kappa shape index (κ3) is 5.71. The molecule has 0 saturated carbocycles. The first-order valence-electron chi connectivity index (χ1n) is 6.97. The fraction of sp³-hybridized carbons (Fsp3) is 0.250. The predicted molar refractivity (Wildman–Crippen MR) is 84.1 cm³/mol. The number of carboxylic acids is 1. The zero-order valence-electron chi connectivity index (χ0n) is 12.2. The lowest BCUT2D eigenvalue weighted by Gasteiger charge is -2.15. The number of carboxylic acid groups (broad SMARTS) is 1. The third-order valence-corrected chi connectivity index (χ3v) is 3.80. The van der Waals surface area contributed by atoms with Crippen LogP contribution in [-0.4, -0.2) is 29.6 Å². The summed E-state index contributed by atoms with van der Waals surface area (Å²) in [5.74, 6) is -1.66. The topological polar surface area (TPSA) is 75.6 Å². The summed E-state index contributed by atoms with van der Waals surface area (Å²) in [6, 6.07) is 6.96. The number of hydrogen-bond donors (Lipinski definition) is 2. The molecule has 2 N–H and O–H groups in total. The summed E-state index contributed by atoms with van der Waals surface area (Å²) in [7, 11) is 0. The first-order valence-corrected chi connectivity index (χ1v) is 7.91. The maximum atomic E-state index is 12.8. The Hall–Kier alpha value is -2.41. The molecule has 1 atom stereocenters. The standard InChI is InChI=1S/C16H16FNO4S/c17-12-2-4-13(5-3-12)22-14(16(20)21)9-18-15(19)6-1-11-7-8-23-10-11/h2-5,7-8,10,14H,1,6,9H2,(H,18,19)(H,20,21). The van der Waals surface area contributed by atoms with E-state index in [-0.39, 0.29) is 24.6 Å². The largest absolute Gasteiger partial charge is 0.478 e. The van der Waals surface area contributed by atoms with Crippen molar-refractivity contribution in [2.45, 2.75) is 18.9 Å². The summed E-state index contributed by atoms with van der Waals surface area (Å²) in [5.41, 5.74) is 1.07. The van der Waals surface area contributed by atoms with Crippen molar-refractivity contribution in [1.82, 2.24) is 5.32 Å². The molecule has 5 nitrogen and oxygen atoms in total. The quantitative estimate of drug-likeness (QED) is 0.776. The van der Waals surface area contributed by atoms with Gasteiger partial charge in [0.25, 0.3) is 0 Å². The van der Waals surface area contributed by atoms with Gasteiger partial charge >= 0.3 is 5.97 Å². The van der Waals surface area contributed by atoms with E-state index in [1.54, 1.807) is 11.3 Å². The number of thiophene rings is 1. The normalized spacial score (nSPS) is 11.7. The summed E-state index contributed by atoms with van der Waals surface area (Å²) in [5, 5.41) is 15.6. The Morgan fingerprint density at radius 1 is 1.26 bits per heavy atom. The van der Waals surface area contributed by atoms with E-state index < -0.39 is 17.9 Å². The molecule has 0 aliphatic carbocycles. The number of nitrogens with one attached hydrogen (secondary N) is 1. The second-order valence-corrected chi connectivity index (χ2v) is 5.61. The molecule has 1 amide bonds. The summed E-state index contributed by atoms with van der Waals surface area (Å²) in [6.07, 6.45) is -0.350. The van der Waals surface area contributed by atoms with Crippen molar-refractivity contribution in [3.05, 3.63) is 52.5 Å². The Morgan fingerprint density at radius 3 is 2.61 bits per heavy atom. The van der Waals surface area contributed by atoms with E-state index in [2.05, 4.69) is 5.32 Å². The van der Waals surface area contributed by atoms with Crippen molar-refractivity contribution >= 4 is 23.2 Å². The minimum atomic E-state index is -1.23. The van der Waals surface area contributed by atoms with E-state index in [1.807, 2.05) is 16.8 Å². The Morgan fingerprint density at radius 2 is 2.00 bits per heavy atom. The summed E-state index contributed by atoms with van der Waals surface area (Å²) in [6.45, 7) is -0.158. The van der Waals surface area contributed by atoms with Gasteiger partial charge in [0.1, 0.15) is 11.6 Å². The molecule has 0 aliphatic heterocycles. The average molecular weight is 337 g/mol. The van der Waals surface area contributed by atoms with Crippen molar-refractivity contribution in [3.63, 3.8) is 0 Å². The second kappa shape index (κ2) is 8.28. The Bertz CT molecular complexity index is 643. The molecule has 0 saturated heterocycles. The number of carbonyl (C=O) groups is 2. The minimum absolute atomic E-state index is 0.158. The highest BCUT2D eigenvalue weighted by atomic mass is 32.1. The zero-order valence-corrected chi connectivity index (χ0v) is 13.0. The van der Waals surface area contributed by atoms with Crippen molar-refractivity contribution in [3.8, 4) is 5.75 Å². The monoisotopic (exact) mass is 337 g/mol. The van der Waals surface area contributed by atoms with Crippen LogP contribution >= 0.6 is 11.3 Å². The van der Waals surface area contributed by atoms with Gasteiger partial charge in [0.2, 0.25) is 12.0 Å². The molecule has 0 fully saturated rings. The van der Waals surface area contributed by atoms with Crippen molar-refractivity contribution in [2.75, 3.05) is 6.54 Å². The lowest BCUT2D eigenvalue weighted by Crippen LogP contribution is -2.40. The molecule has 2 rings (SSSR count). The SMILES string of the molecule is O=C(CCc1ccsc1)NCC(Oc1ccc(F)cc1)C(=O)O. The first kappa shape index (κ1) is 17.0. The van der Waals surface area contributed by atoms with Gasteiger partial charge in [-0.25, -0.2) is 9.18 Å². The molecule has 1 aromatic heterocycles. The maximum Gasteiger partial charge on any atom is 0.346 e. The molecule has 0 bridgehead atoms. The highest BCUT2D eigenvalue weighted by Crippen LogP contribution is 2.13. The van der Waals surface area contributed by atoms with E-state index in [0.717, 1.165) is 5.56 Å². The van der Waals surface area contributed by atoms with Crippen LogP contribution in [0.3, 0.4) is 0 Å². The molecule has 0 spiro atoms. The fourth-order valence-electron chi connectivity index (χ4n) is 1.84. The maximum absolute atomic E-state index is 12.8. The predicted octanol–water partition coefficient (Wildman–Crippen LogP) is 2.47. The number of rotatable bonds is 8. The average Bonchev–Trinajstić information content (AvgIpc) is 3.04. The van der Waals surface area contributed by atoms with Gasteiger partial charge in [-0.05, 0) is 53.1 Å². The van der Waals surface area contributed by atoms with Crippen LogP contribution in [0.4, 0.5) is 4.39 Å². The molecule has 1 heterocycles. The molecule has 1 aromatic carbocycles. The second-order valence-electron chi connectivity index (χ2n) is 4.83. The van der Waals surface area contributed by atoms with Gasteiger partial charge in [-0.1, -0.05) is 0 Å². The van der Waals surface area contributed by atoms with Gasteiger partial charge in [-0.15, -0.1) is 0 Å². The molecule has 7 heteroatoms. The molecule has 0 aliphatic rings. The Kier molecular flexibility index (Phi) is 6.10. The van der Waals surface area contributed by atoms with E-state index in [9.17, 15) is 14.0 Å². The van der Waals surface area contributed by atoms with Gasteiger partial charge in [0.15, 0.2) is 0 Å². The Balaban J connectivity index is 1.80. The third-order valence-electron chi connectivity index (χ3n) is 3.07. The molecule has 1 unspecified atom stereocenters. The number of aliphatic carboxylic acids is 1. The van der Waals surface area contributed by atoms with Crippen LogP contribution in [0.2, 0.25) is 0 Å². The minimum Gasteiger partial charge on any atom is -0.478 e. The van der Waals surface area contributed by atoms with Gasteiger partial charge < -0.3 is 15.2 Å². The molecule has 0 radical (unpaired) electrons. The van der Waals surface area contributed by atoms with Crippen LogP contribution in [0.25, 0.3) is 0 Å². The summed E-state index contributed by atoms with van der Waals surface area (Å²) >= 11 is 1.56. The smallest absolute Gasteiger partial charge is 0.346 e. The molecular formula is C16H16FNO4S. The van der Waals surface area contributed by atoms with E-state index in [1.165, 1.54) is 24.3 Å². The highest BCUT2D eigenvalue weighted by molar-refractivity contribution is 7.07. The number of aryl methyl sites for hydroxylation is 1. The number of halogens is 1. The van der Waals surface area contributed by atoms with Crippen LogP contribution in [0.5, 0.6) is 5.75 Å². The Labute approximate surface area is 136 Å². The first-order chi connectivity index (χ1) is 11.0. The van der Waals surface area contributed by atoms with Gasteiger partial charge in [-0.3, -0.25) is 4.79 Å². The lowest BCUT2D eigenvalue weighted by atomic mass is 10.2. The van der Waals surface area contributed by atoms with Crippen LogP contribution in [-0.2, 0) is 16.0 Å². The van der Waals surface area contributed by atoms with Gasteiger partial charge in [0.05, 0.1) is 6.54 Å². The molecular weight excluding hydrogens is 321 g/mol. The zero-order chi connectivity index (χ0) is 16.7. The summed E-state index contributed by atoms with van der Waals surface area (Å²) in [4.78, 5) is 22.9. The number of amides is 1. The van der Waals surface area contributed by atoms with Crippen LogP contribution < -0.4 is 10.1 Å². The summed E-state index contributed by atoms with van der Waals surface area (Å²) < 4.78 is 18.1. The van der Waals surface area contributed by atoms with Crippen molar-refractivity contribution < 1.29 is 23.8 Å². The van der Waals surface area contributed by atoms with Crippen LogP contribution in [0.15, 0.2) is 41.1 Å². The molecule has 2 aromatic rings. The van der Waals surface area contributed by atoms with Gasteiger partial charge in [-0.2, -0.15) is 11.3 Å². The van der Waals surface area contributed by atoms with E-state index in [4.69, 9.17) is 9.84 Å². The van der Waals surface area contributed by atoms with E-state index >= 15 is 0 Å².